The first-order valence-corrected chi connectivity index (χ1v) is 6.87. The van der Waals surface area contributed by atoms with Gasteiger partial charge in [0.2, 0.25) is 0 Å². The zero-order valence-electron chi connectivity index (χ0n) is 11.0. The van der Waals surface area contributed by atoms with Gasteiger partial charge in [0.1, 0.15) is 6.04 Å². The van der Waals surface area contributed by atoms with Crippen molar-refractivity contribution < 1.29 is 4.79 Å². The van der Waals surface area contributed by atoms with E-state index in [0.717, 1.165) is 17.1 Å². The molecule has 1 unspecified atom stereocenters. The lowest BCUT2D eigenvalue weighted by Gasteiger charge is -2.27. The molecule has 7 heteroatoms. The Morgan fingerprint density at radius 1 is 1.29 bits per heavy atom. The molecular formula is C14H13ClN4OS. The Kier molecular flexibility index (Phi) is 3.43. The topological polar surface area (TPSA) is 52.2 Å². The van der Waals surface area contributed by atoms with Crippen LogP contribution in [-0.4, -0.2) is 31.9 Å². The predicted octanol–water partition coefficient (Wildman–Crippen LogP) is 1.89. The van der Waals surface area contributed by atoms with Crippen LogP contribution in [0.4, 0.5) is 5.69 Å². The fourth-order valence-corrected chi connectivity index (χ4v) is 3.23. The average molecular weight is 321 g/mol. The highest BCUT2D eigenvalue weighted by atomic mass is 35.5. The van der Waals surface area contributed by atoms with Crippen molar-refractivity contribution in [3.8, 4) is 0 Å². The van der Waals surface area contributed by atoms with Crippen molar-refractivity contribution in [2.45, 2.75) is 19.0 Å². The molecule has 1 N–H and O–H groups in total. The minimum atomic E-state index is -0.224. The Labute approximate surface area is 133 Å². The molecule has 0 spiro atoms. The van der Waals surface area contributed by atoms with Crippen LogP contribution < -0.4 is 4.90 Å². The summed E-state index contributed by atoms with van der Waals surface area (Å²) in [5.74, 6) is 0.0369. The Morgan fingerprint density at radius 2 is 2.05 bits per heavy atom. The van der Waals surface area contributed by atoms with Crippen LogP contribution in [0.2, 0.25) is 0 Å². The molecular weight excluding hydrogens is 308 g/mol. The summed E-state index contributed by atoms with van der Waals surface area (Å²) in [5, 5.41) is 0.575. The van der Waals surface area contributed by atoms with Crippen molar-refractivity contribution in [1.29, 1.82) is 0 Å². The molecule has 1 aromatic heterocycles. The van der Waals surface area contributed by atoms with Crippen LogP contribution in [0.25, 0.3) is 0 Å². The fraction of sp³-hybridized carbons (Fsp3) is 0.214. The number of halogens is 1. The molecule has 0 radical (unpaired) electrons. The maximum Gasteiger partial charge on any atom is 0.256 e. The number of aromatic amines is 1. The van der Waals surface area contributed by atoms with E-state index in [4.69, 9.17) is 12.2 Å². The molecule has 1 atom stereocenters. The van der Waals surface area contributed by atoms with E-state index in [1.165, 1.54) is 0 Å². The Bertz CT molecular complexity index is 664. The SMILES string of the molecule is Cl.O=C1C2Cc3nc[nH]c3CN2C(=S)N1c1ccccc1. The van der Waals surface area contributed by atoms with Gasteiger partial charge in [-0.25, -0.2) is 4.98 Å². The Morgan fingerprint density at radius 3 is 2.81 bits per heavy atom. The maximum atomic E-state index is 12.6. The van der Waals surface area contributed by atoms with Gasteiger partial charge in [0.25, 0.3) is 5.91 Å². The normalized spacial score (nSPS) is 20.1. The number of nitrogens with zero attached hydrogens (tertiary/aromatic N) is 3. The highest BCUT2D eigenvalue weighted by molar-refractivity contribution is 7.80. The van der Waals surface area contributed by atoms with Crippen molar-refractivity contribution in [2.24, 2.45) is 0 Å². The molecule has 4 rings (SSSR count). The number of benzene rings is 1. The number of para-hydroxylation sites is 1. The number of anilines is 1. The first-order valence-electron chi connectivity index (χ1n) is 6.46. The molecule has 2 aliphatic heterocycles. The lowest BCUT2D eigenvalue weighted by Crippen LogP contribution is -2.40. The van der Waals surface area contributed by atoms with Gasteiger partial charge >= 0.3 is 0 Å². The smallest absolute Gasteiger partial charge is 0.256 e. The van der Waals surface area contributed by atoms with Crippen molar-refractivity contribution in [3.05, 3.63) is 48.0 Å². The van der Waals surface area contributed by atoms with E-state index >= 15 is 0 Å². The number of fused-ring (bicyclic) bond motifs is 2. The molecule has 108 valence electrons. The molecule has 1 saturated heterocycles. The number of carbonyl (C=O) groups excluding carboxylic acids is 1. The molecule has 1 fully saturated rings. The summed E-state index contributed by atoms with van der Waals surface area (Å²) < 4.78 is 0. The van der Waals surface area contributed by atoms with Crippen molar-refractivity contribution in [2.75, 3.05) is 4.90 Å². The van der Waals surface area contributed by atoms with Crippen LogP contribution in [0.1, 0.15) is 11.4 Å². The molecule has 1 aromatic carbocycles. The number of thiocarbonyl (C=S) groups is 1. The van der Waals surface area contributed by atoms with Gasteiger partial charge in [-0.3, -0.25) is 9.69 Å². The Balaban J connectivity index is 0.00000132. The van der Waals surface area contributed by atoms with Crippen molar-refractivity contribution in [3.63, 3.8) is 0 Å². The number of rotatable bonds is 1. The van der Waals surface area contributed by atoms with E-state index in [9.17, 15) is 4.79 Å². The quantitative estimate of drug-likeness (QED) is 0.815. The van der Waals surface area contributed by atoms with Crippen LogP contribution in [0.5, 0.6) is 0 Å². The lowest BCUT2D eigenvalue weighted by atomic mass is 10.0. The summed E-state index contributed by atoms with van der Waals surface area (Å²) in [6.45, 7) is 0.619. The van der Waals surface area contributed by atoms with E-state index in [0.29, 0.717) is 18.1 Å². The number of carbonyl (C=O) groups is 1. The second-order valence-corrected chi connectivity index (χ2v) is 5.33. The van der Waals surface area contributed by atoms with Gasteiger partial charge in [-0.05, 0) is 24.4 Å². The third-order valence-corrected chi connectivity index (χ3v) is 4.27. The van der Waals surface area contributed by atoms with Crippen LogP contribution >= 0.6 is 24.6 Å². The standard InChI is InChI=1S/C14H12N4OS.ClH/c19-13-12-6-10-11(16-8-15-10)7-17(12)14(20)18(13)9-4-2-1-3-5-9;/h1-5,8,12H,6-7H2,(H,15,16);1H. The molecule has 21 heavy (non-hydrogen) atoms. The predicted molar refractivity (Wildman–Crippen MR) is 85.4 cm³/mol. The monoisotopic (exact) mass is 320 g/mol. The van der Waals surface area contributed by atoms with E-state index in [2.05, 4.69) is 9.97 Å². The number of nitrogens with one attached hydrogen (secondary N) is 1. The van der Waals surface area contributed by atoms with Crippen molar-refractivity contribution in [1.82, 2.24) is 14.9 Å². The number of amides is 1. The van der Waals surface area contributed by atoms with Crippen LogP contribution in [-0.2, 0) is 17.8 Å². The molecule has 2 aliphatic rings. The van der Waals surface area contributed by atoms with E-state index in [-0.39, 0.29) is 24.4 Å². The highest BCUT2D eigenvalue weighted by Crippen LogP contribution is 2.31. The zero-order chi connectivity index (χ0) is 13.7. The summed E-state index contributed by atoms with van der Waals surface area (Å²) in [7, 11) is 0. The third-order valence-electron chi connectivity index (χ3n) is 3.86. The summed E-state index contributed by atoms with van der Waals surface area (Å²) in [4.78, 5) is 23.6. The molecule has 5 nitrogen and oxygen atoms in total. The number of hydrogen-bond donors (Lipinski definition) is 1. The van der Waals surface area contributed by atoms with Gasteiger partial charge in [0.05, 0.1) is 29.9 Å². The minimum absolute atomic E-state index is 0. The number of imidazole rings is 1. The van der Waals surface area contributed by atoms with Crippen LogP contribution in [0.15, 0.2) is 36.7 Å². The molecule has 3 heterocycles. The van der Waals surface area contributed by atoms with Crippen LogP contribution in [0, 0.1) is 0 Å². The molecule has 0 aliphatic carbocycles. The van der Waals surface area contributed by atoms with E-state index < -0.39 is 0 Å². The largest absolute Gasteiger partial charge is 0.347 e. The van der Waals surface area contributed by atoms with E-state index in [1.807, 2.05) is 35.2 Å². The average Bonchev–Trinajstić information content (AvgIpc) is 3.02. The van der Waals surface area contributed by atoms with Gasteiger partial charge in [0, 0.05) is 6.42 Å². The number of hydrogen-bond acceptors (Lipinski definition) is 3. The maximum absolute atomic E-state index is 12.6. The molecule has 1 amide bonds. The van der Waals surface area contributed by atoms with Gasteiger partial charge < -0.3 is 9.88 Å². The first-order chi connectivity index (χ1) is 9.75. The van der Waals surface area contributed by atoms with Crippen LogP contribution in [0.3, 0.4) is 0 Å². The van der Waals surface area contributed by atoms with Gasteiger partial charge in [-0.1, -0.05) is 18.2 Å². The van der Waals surface area contributed by atoms with Gasteiger partial charge in [-0.2, -0.15) is 0 Å². The summed E-state index contributed by atoms with van der Waals surface area (Å²) in [5.41, 5.74) is 2.84. The van der Waals surface area contributed by atoms with Crippen molar-refractivity contribution >= 4 is 41.3 Å². The molecule has 0 bridgehead atoms. The highest BCUT2D eigenvalue weighted by Gasteiger charge is 2.46. The number of H-pyrrole nitrogens is 1. The fourth-order valence-electron chi connectivity index (χ4n) is 2.84. The third kappa shape index (κ3) is 2.02. The molecule has 2 aromatic rings. The van der Waals surface area contributed by atoms with E-state index in [1.54, 1.807) is 11.2 Å². The Hall–Kier alpha value is -1.92. The minimum Gasteiger partial charge on any atom is -0.347 e. The summed E-state index contributed by atoms with van der Waals surface area (Å²) in [6.07, 6.45) is 2.29. The summed E-state index contributed by atoms with van der Waals surface area (Å²) in [6, 6.07) is 9.33. The summed E-state index contributed by atoms with van der Waals surface area (Å²) >= 11 is 5.50. The first kappa shape index (κ1) is 14.0. The van der Waals surface area contributed by atoms with Gasteiger partial charge in [0.15, 0.2) is 5.11 Å². The second kappa shape index (κ2) is 5.13. The molecule has 0 saturated carbocycles. The second-order valence-electron chi connectivity index (χ2n) is 4.97. The lowest BCUT2D eigenvalue weighted by molar-refractivity contribution is -0.120. The number of aromatic nitrogens is 2. The van der Waals surface area contributed by atoms with Gasteiger partial charge in [-0.15, -0.1) is 12.4 Å². The zero-order valence-corrected chi connectivity index (χ0v) is 12.7.